The normalized spacial score (nSPS) is 17.4. The zero-order valence-electron chi connectivity index (χ0n) is 9.43. The number of hydrogen-bond acceptors (Lipinski definition) is 4. The molecule has 3 nitrogen and oxygen atoms in total. The predicted octanol–water partition coefficient (Wildman–Crippen LogP) is 1.84. The van der Waals surface area contributed by atoms with Crippen LogP contribution in [-0.4, -0.2) is 23.9 Å². The first-order chi connectivity index (χ1) is 7.06. The minimum absolute atomic E-state index is 0.102. The first-order valence-electron chi connectivity index (χ1n) is 5.13. The maximum atomic E-state index is 9.37. The summed E-state index contributed by atoms with van der Waals surface area (Å²) >= 11 is 1.65. The van der Waals surface area contributed by atoms with Crippen molar-refractivity contribution >= 4 is 11.3 Å². The predicted molar refractivity (Wildman–Crippen MR) is 63.1 cm³/mol. The van der Waals surface area contributed by atoms with Gasteiger partial charge in [-0.1, -0.05) is 0 Å². The largest absolute Gasteiger partial charge is 0.391 e. The standard InChI is InChI=1S/C11H19NO2S/c1-7-4-5-15-11(7)10(6-12)14-9(3)8(2)13/h4-5,8-10,13H,6,12H2,1-3H3. The molecule has 0 saturated carbocycles. The van der Waals surface area contributed by atoms with Gasteiger partial charge in [-0.25, -0.2) is 0 Å². The minimum atomic E-state index is -0.473. The Morgan fingerprint density at radius 1 is 1.53 bits per heavy atom. The summed E-state index contributed by atoms with van der Waals surface area (Å²) in [6, 6.07) is 2.05. The van der Waals surface area contributed by atoms with Crippen LogP contribution in [0, 0.1) is 6.92 Å². The lowest BCUT2D eigenvalue weighted by Crippen LogP contribution is -2.28. The van der Waals surface area contributed by atoms with E-state index in [9.17, 15) is 5.11 Å². The molecule has 0 fully saturated rings. The third-order valence-electron chi connectivity index (χ3n) is 2.47. The number of aliphatic hydroxyl groups excluding tert-OH is 1. The Kier molecular flexibility index (Phi) is 4.73. The molecule has 0 aromatic carbocycles. The Balaban J connectivity index is 2.69. The summed E-state index contributed by atoms with van der Waals surface area (Å²) < 4.78 is 5.72. The van der Waals surface area contributed by atoms with Gasteiger partial charge in [0.05, 0.1) is 12.2 Å². The highest BCUT2D eigenvalue weighted by molar-refractivity contribution is 7.10. The molecule has 0 bridgehead atoms. The molecule has 15 heavy (non-hydrogen) atoms. The van der Waals surface area contributed by atoms with Gasteiger partial charge in [0.15, 0.2) is 0 Å². The van der Waals surface area contributed by atoms with E-state index in [0.29, 0.717) is 6.54 Å². The molecular formula is C11H19NO2S. The highest BCUT2D eigenvalue weighted by atomic mass is 32.1. The first kappa shape index (κ1) is 12.6. The van der Waals surface area contributed by atoms with Crippen molar-refractivity contribution in [1.29, 1.82) is 0 Å². The van der Waals surface area contributed by atoms with Gasteiger partial charge in [-0.05, 0) is 37.8 Å². The number of aryl methyl sites for hydroxylation is 1. The van der Waals surface area contributed by atoms with Crippen LogP contribution < -0.4 is 5.73 Å². The number of hydrogen-bond donors (Lipinski definition) is 2. The lowest BCUT2D eigenvalue weighted by Gasteiger charge is -2.23. The minimum Gasteiger partial charge on any atom is -0.391 e. The number of nitrogens with two attached hydrogens (primary N) is 1. The Bertz CT molecular complexity index is 299. The van der Waals surface area contributed by atoms with Gasteiger partial charge in [0.2, 0.25) is 0 Å². The Hall–Kier alpha value is -0.420. The molecule has 1 heterocycles. The van der Waals surface area contributed by atoms with Crippen LogP contribution in [0.2, 0.25) is 0 Å². The van der Waals surface area contributed by atoms with Crippen molar-refractivity contribution in [3.8, 4) is 0 Å². The number of thiophene rings is 1. The van der Waals surface area contributed by atoms with Crippen molar-refractivity contribution in [2.24, 2.45) is 5.73 Å². The van der Waals surface area contributed by atoms with Crippen LogP contribution in [0.15, 0.2) is 11.4 Å². The average Bonchev–Trinajstić information content (AvgIpc) is 2.60. The van der Waals surface area contributed by atoms with Crippen molar-refractivity contribution < 1.29 is 9.84 Å². The van der Waals surface area contributed by atoms with E-state index in [-0.39, 0.29) is 12.2 Å². The van der Waals surface area contributed by atoms with Crippen LogP contribution in [-0.2, 0) is 4.74 Å². The molecule has 0 radical (unpaired) electrons. The molecule has 4 heteroatoms. The fourth-order valence-electron chi connectivity index (χ4n) is 1.31. The maximum absolute atomic E-state index is 9.37. The van der Waals surface area contributed by atoms with Crippen LogP contribution in [0.4, 0.5) is 0 Å². The summed E-state index contributed by atoms with van der Waals surface area (Å²) in [6.45, 7) is 6.07. The quantitative estimate of drug-likeness (QED) is 0.810. The Morgan fingerprint density at radius 2 is 2.20 bits per heavy atom. The van der Waals surface area contributed by atoms with E-state index < -0.39 is 6.10 Å². The van der Waals surface area contributed by atoms with E-state index in [2.05, 4.69) is 6.07 Å². The third kappa shape index (κ3) is 3.28. The Labute approximate surface area is 94.9 Å². The zero-order valence-corrected chi connectivity index (χ0v) is 10.3. The summed E-state index contributed by atoms with van der Waals surface area (Å²) in [5, 5.41) is 11.4. The van der Waals surface area contributed by atoms with Gasteiger partial charge >= 0.3 is 0 Å². The third-order valence-corrected chi connectivity index (χ3v) is 3.58. The smallest absolute Gasteiger partial charge is 0.105 e. The van der Waals surface area contributed by atoms with Crippen LogP contribution >= 0.6 is 11.3 Å². The fourth-order valence-corrected chi connectivity index (χ4v) is 2.29. The van der Waals surface area contributed by atoms with Gasteiger partial charge in [0.25, 0.3) is 0 Å². The topological polar surface area (TPSA) is 55.5 Å². The van der Waals surface area contributed by atoms with Crippen LogP contribution in [0.3, 0.4) is 0 Å². The highest BCUT2D eigenvalue weighted by Crippen LogP contribution is 2.27. The van der Waals surface area contributed by atoms with E-state index >= 15 is 0 Å². The van der Waals surface area contributed by atoms with E-state index in [4.69, 9.17) is 10.5 Å². The lowest BCUT2D eigenvalue weighted by atomic mass is 10.2. The second-order valence-electron chi connectivity index (χ2n) is 3.77. The molecule has 1 aromatic rings. The molecule has 0 amide bonds. The average molecular weight is 229 g/mol. The molecule has 3 N–H and O–H groups in total. The van der Waals surface area contributed by atoms with Crippen molar-refractivity contribution in [1.82, 2.24) is 0 Å². The van der Waals surface area contributed by atoms with E-state index in [1.807, 2.05) is 19.2 Å². The van der Waals surface area contributed by atoms with Crippen LogP contribution in [0.5, 0.6) is 0 Å². The van der Waals surface area contributed by atoms with Crippen molar-refractivity contribution in [2.75, 3.05) is 6.54 Å². The highest BCUT2D eigenvalue weighted by Gasteiger charge is 2.19. The lowest BCUT2D eigenvalue weighted by molar-refractivity contribution is -0.0581. The second-order valence-corrected chi connectivity index (χ2v) is 4.72. The van der Waals surface area contributed by atoms with Gasteiger partial charge in [0.1, 0.15) is 6.10 Å². The number of rotatable bonds is 5. The molecule has 86 valence electrons. The zero-order chi connectivity index (χ0) is 11.4. The Morgan fingerprint density at radius 3 is 2.60 bits per heavy atom. The monoisotopic (exact) mass is 229 g/mol. The van der Waals surface area contributed by atoms with E-state index in [0.717, 1.165) is 4.88 Å². The maximum Gasteiger partial charge on any atom is 0.105 e. The summed E-state index contributed by atoms with van der Waals surface area (Å²) in [5.41, 5.74) is 6.88. The van der Waals surface area contributed by atoms with E-state index in [1.54, 1.807) is 18.3 Å². The SMILES string of the molecule is Cc1ccsc1C(CN)OC(C)C(C)O. The summed E-state index contributed by atoms with van der Waals surface area (Å²) in [4.78, 5) is 1.16. The molecule has 0 saturated heterocycles. The van der Waals surface area contributed by atoms with Crippen LogP contribution in [0.25, 0.3) is 0 Å². The van der Waals surface area contributed by atoms with E-state index in [1.165, 1.54) is 5.56 Å². The first-order valence-corrected chi connectivity index (χ1v) is 6.01. The van der Waals surface area contributed by atoms with Gasteiger partial charge in [-0.3, -0.25) is 0 Å². The molecular weight excluding hydrogens is 210 g/mol. The molecule has 3 atom stereocenters. The second kappa shape index (κ2) is 5.61. The molecule has 3 unspecified atom stereocenters. The molecule has 1 aromatic heterocycles. The summed E-state index contributed by atoms with van der Waals surface area (Å²) in [6.07, 6.45) is -0.769. The van der Waals surface area contributed by atoms with Gasteiger partial charge in [0, 0.05) is 11.4 Å². The molecule has 0 aliphatic rings. The van der Waals surface area contributed by atoms with Gasteiger partial charge < -0.3 is 15.6 Å². The fraction of sp³-hybridized carbons (Fsp3) is 0.636. The van der Waals surface area contributed by atoms with Crippen molar-refractivity contribution in [3.05, 3.63) is 21.9 Å². The molecule has 0 aliphatic heterocycles. The summed E-state index contributed by atoms with van der Waals surface area (Å²) in [7, 11) is 0. The summed E-state index contributed by atoms with van der Waals surface area (Å²) in [5.74, 6) is 0. The molecule has 0 aliphatic carbocycles. The molecule has 0 spiro atoms. The molecule has 1 rings (SSSR count). The number of aliphatic hydroxyl groups is 1. The van der Waals surface area contributed by atoms with Crippen molar-refractivity contribution in [2.45, 2.75) is 39.1 Å². The van der Waals surface area contributed by atoms with Gasteiger partial charge in [-0.2, -0.15) is 0 Å². The van der Waals surface area contributed by atoms with Gasteiger partial charge in [-0.15, -0.1) is 11.3 Å². The van der Waals surface area contributed by atoms with Crippen molar-refractivity contribution in [3.63, 3.8) is 0 Å². The van der Waals surface area contributed by atoms with Crippen LogP contribution in [0.1, 0.15) is 30.4 Å². The number of ether oxygens (including phenoxy) is 1.